The Kier molecular flexibility index (Phi) is 12.8. The van der Waals surface area contributed by atoms with E-state index in [1.807, 2.05) is 6.07 Å². The van der Waals surface area contributed by atoms with Gasteiger partial charge in [-0.2, -0.15) is 0 Å². The van der Waals surface area contributed by atoms with Crippen molar-refractivity contribution in [1.82, 2.24) is 0 Å². The minimum absolute atomic E-state index is 0.180. The summed E-state index contributed by atoms with van der Waals surface area (Å²) in [5, 5.41) is 22.3. The van der Waals surface area contributed by atoms with Gasteiger partial charge in [-0.3, -0.25) is 0 Å². The van der Waals surface area contributed by atoms with E-state index in [9.17, 15) is 5.11 Å². The van der Waals surface area contributed by atoms with Crippen molar-refractivity contribution in [3.63, 3.8) is 0 Å². The first-order chi connectivity index (χ1) is 39.0. The predicted molar refractivity (Wildman–Crippen MR) is 341 cm³/mol. The molecule has 0 radical (unpaired) electrons. The minimum Gasteiger partial charge on any atom is -0.505 e. The molecule has 12 aromatic carbocycles. The van der Waals surface area contributed by atoms with E-state index in [0.717, 1.165) is 96.2 Å². The Morgan fingerprint density at radius 2 is 0.812 bits per heavy atom. The van der Waals surface area contributed by atoms with Crippen molar-refractivity contribution in [1.29, 1.82) is 0 Å². The number of para-hydroxylation sites is 3. The second-order valence-corrected chi connectivity index (χ2v) is 22.4. The first-order valence-electron chi connectivity index (χ1n) is 28.6. The molecule has 1 aromatic heterocycles. The first kappa shape index (κ1) is 50.4. The number of phenols is 1. The third-order valence-electron chi connectivity index (χ3n) is 16.9. The summed E-state index contributed by atoms with van der Waals surface area (Å²) >= 11 is 0. The molecule has 0 fully saturated rings. The van der Waals surface area contributed by atoms with E-state index in [2.05, 4.69) is 271 Å². The second-order valence-electron chi connectivity index (χ2n) is 22.4. The third-order valence-corrected chi connectivity index (χ3v) is 16.9. The molecule has 80 heavy (non-hydrogen) atoms. The van der Waals surface area contributed by atoms with Crippen LogP contribution in [-0.2, 0) is 12.8 Å². The number of rotatable bonds is 13. The fourth-order valence-corrected chi connectivity index (χ4v) is 12.7. The summed E-state index contributed by atoms with van der Waals surface area (Å²) < 4.78 is 7.29. The molecule has 13 aromatic rings. The average Bonchev–Trinajstić information content (AvgIpc) is 3.91. The van der Waals surface area contributed by atoms with Gasteiger partial charge < -0.3 is 19.3 Å². The number of furan rings is 1. The Labute approximate surface area is 470 Å². The van der Waals surface area contributed by atoms with Gasteiger partial charge >= 0.3 is 0 Å². The van der Waals surface area contributed by atoms with Crippen molar-refractivity contribution in [2.24, 2.45) is 0 Å². The highest BCUT2D eigenvalue weighted by Crippen LogP contribution is 2.54. The highest BCUT2D eigenvalue weighted by atomic mass is 16.3. The topological polar surface area (TPSA) is 39.9 Å². The van der Waals surface area contributed by atoms with Crippen LogP contribution in [0.3, 0.4) is 0 Å². The lowest BCUT2D eigenvalue weighted by Crippen LogP contribution is -2.13. The molecule has 1 heterocycles. The lowest BCUT2D eigenvalue weighted by Gasteiger charge is -2.32. The van der Waals surface area contributed by atoms with Crippen LogP contribution < -0.4 is 9.80 Å². The number of aromatic hydroxyl groups is 1. The van der Waals surface area contributed by atoms with E-state index < -0.39 is 0 Å². The number of phenolic OH excluding ortho intramolecular Hbond substituents is 1. The van der Waals surface area contributed by atoms with E-state index in [-0.39, 0.29) is 17.6 Å². The molecule has 0 atom stereocenters. The summed E-state index contributed by atoms with van der Waals surface area (Å²) in [4.78, 5) is 4.76. The molecule has 0 saturated carbocycles. The molecule has 0 aliphatic heterocycles. The molecule has 392 valence electrons. The van der Waals surface area contributed by atoms with Gasteiger partial charge in [0.1, 0.15) is 11.3 Å². The molecule has 0 bridgehead atoms. The van der Waals surface area contributed by atoms with Crippen molar-refractivity contribution in [2.75, 3.05) is 9.80 Å². The number of hydrogen-bond acceptors (Lipinski definition) is 4. The van der Waals surface area contributed by atoms with Crippen LogP contribution in [0.5, 0.6) is 5.75 Å². The lowest BCUT2D eigenvalue weighted by molar-refractivity contribution is 0.478. The zero-order valence-electron chi connectivity index (χ0n) is 47.0. The van der Waals surface area contributed by atoms with Crippen molar-refractivity contribution >= 4 is 88.4 Å². The van der Waals surface area contributed by atoms with Gasteiger partial charge in [-0.15, -0.1) is 0 Å². The molecule has 4 heteroatoms. The third kappa shape index (κ3) is 8.36. The van der Waals surface area contributed by atoms with Crippen molar-refractivity contribution in [3.8, 4) is 39.1 Å². The standard InChI is InChI=1S/C76H66N2O2/c1-9-50-31-35-54(36-32-50)77(68-29-17-25-58(74(68)79)53-22-15-21-52(43-53)56-23-13-11-19-48(56)7)70-44-66(46(3)4)59-40-42-65-71(45-67(47(5)6)60-39-41-64(70)72(59)73(60)65)78(55-37-33-51(10-2)34-38-55)69-30-18-28-63-62-27-16-26-61(75(62)80-76(63)69)57-24-14-12-20-49(57)8/h11-47,79H,9-10H2,1-8H3. The Morgan fingerprint density at radius 1 is 0.375 bits per heavy atom. The average molecular weight is 1040 g/mol. The normalized spacial score (nSPS) is 11.9. The fourth-order valence-electron chi connectivity index (χ4n) is 12.7. The van der Waals surface area contributed by atoms with Crippen LogP contribution in [-0.4, -0.2) is 5.11 Å². The van der Waals surface area contributed by atoms with Crippen LogP contribution >= 0.6 is 0 Å². The Hall–Kier alpha value is -9.12. The lowest BCUT2D eigenvalue weighted by atomic mass is 9.84. The molecule has 0 aliphatic rings. The van der Waals surface area contributed by atoms with Gasteiger partial charge in [0.15, 0.2) is 5.58 Å². The van der Waals surface area contributed by atoms with Gasteiger partial charge in [-0.1, -0.05) is 199 Å². The fraction of sp³-hybridized carbons (Fsp3) is 0.158. The summed E-state index contributed by atoms with van der Waals surface area (Å²) in [5.41, 5.74) is 21.3. The van der Waals surface area contributed by atoms with Crippen LogP contribution in [0.25, 0.3) is 87.6 Å². The molecule has 13 rings (SSSR count). The number of benzene rings is 12. The van der Waals surface area contributed by atoms with E-state index >= 15 is 0 Å². The summed E-state index contributed by atoms with van der Waals surface area (Å²) in [7, 11) is 0. The monoisotopic (exact) mass is 1040 g/mol. The molecular formula is C76H66N2O2. The van der Waals surface area contributed by atoms with Crippen LogP contribution in [0.2, 0.25) is 0 Å². The molecule has 4 nitrogen and oxygen atoms in total. The SMILES string of the molecule is CCc1ccc(N(c2cccc(-c3cccc(-c4ccccc4C)c3)c2O)c2cc(C(C)C)c3ccc4c(N(c5ccc(CC)cc5)c5cccc6c5oc5c(-c7ccccc7C)cccc56)cc(C(C)C)c5ccc2c3c54)cc1. The Balaban J connectivity index is 1.09. The van der Waals surface area contributed by atoms with Gasteiger partial charge in [0.05, 0.1) is 22.7 Å². The summed E-state index contributed by atoms with van der Waals surface area (Å²) in [6.45, 7) is 18.0. The Bertz CT molecular complexity index is 4480. The van der Waals surface area contributed by atoms with Crippen molar-refractivity contribution < 1.29 is 9.52 Å². The molecule has 0 amide bonds. The molecule has 1 N–H and O–H groups in total. The predicted octanol–water partition coefficient (Wildman–Crippen LogP) is 22.1. The van der Waals surface area contributed by atoms with Crippen LogP contribution in [0, 0.1) is 13.8 Å². The number of anilines is 6. The number of aryl methyl sites for hydroxylation is 4. The maximum atomic E-state index is 13.0. The van der Waals surface area contributed by atoms with Gasteiger partial charge in [-0.05, 0) is 170 Å². The van der Waals surface area contributed by atoms with E-state index in [0.29, 0.717) is 5.69 Å². The van der Waals surface area contributed by atoms with Crippen LogP contribution in [0.1, 0.15) is 86.8 Å². The first-order valence-corrected chi connectivity index (χ1v) is 28.6. The maximum Gasteiger partial charge on any atom is 0.159 e. The minimum atomic E-state index is 0.180. The second kappa shape index (κ2) is 20.3. The zero-order valence-corrected chi connectivity index (χ0v) is 47.0. The van der Waals surface area contributed by atoms with Crippen molar-refractivity contribution in [2.45, 2.75) is 80.1 Å². The van der Waals surface area contributed by atoms with E-state index in [1.54, 1.807) is 0 Å². The van der Waals surface area contributed by atoms with E-state index in [4.69, 9.17) is 4.42 Å². The highest BCUT2D eigenvalue weighted by Gasteiger charge is 2.29. The van der Waals surface area contributed by atoms with Crippen molar-refractivity contribution in [3.05, 3.63) is 246 Å². The molecule has 0 aliphatic carbocycles. The summed E-state index contributed by atoms with van der Waals surface area (Å²) in [6.07, 6.45) is 1.87. The van der Waals surface area contributed by atoms with Crippen LogP contribution in [0.4, 0.5) is 34.1 Å². The number of fused-ring (bicyclic) bond motifs is 3. The van der Waals surface area contributed by atoms with Gasteiger partial charge in [0, 0.05) is 44.0 Å². The van der Waals surface area contributed by atoms with Gasteiger partial charge in [0.2, 0.25) is 0 Å². The van der Waals surface area contributed by atoms with E-state index in [1.165, 1.54) is 66.1 Å². The molecule has 0 unspecified atom stereocenters. The van der Waals surface area contributed by atoms with Gasteiger partial charge in [0.25, 0.3) is 0 Å². The molecular weight excluding hydrogens is 973 g/mol. The maximum absolute atomic E-state index is 13.0. The smallest absolute Gasteiger partial charge is 0.159 e. The number of nitrogens with zero attached hydrogens (tertiary/aromatic N) is 2. The highest BCUT2D eigenvalue weighted by molar-refractivity contribution is 6.30. The quantitative estimate of drug-likeness (QED) is 0.117. The summed E-state index contributed by atoms with van der Waals surface area (Å²) in [5.74, 6) is 0.605. The number of hydrogen-bond donors (Lipinski definition) is 1. The summed E-state index contributed by atoms with van der Waals surface area (Å²) in [6, 6.07) is 77.3. The molecule has 0 saturated heterocycles. The Morgan fingerprint density at radius 3 is 1.36 bits per heavy atom. The van der Waals surface area contributed by atoms with Crippen LogP contribution in [0.15, 0.2) is 217 Å². The van der Waals surface area contributed by atoms with Gasteiger partial charge in [-0.25, -0.2) is 0 Å². The largest absolute Gasteiger partial charge is 0.505 e. The zero-order chi connectivity index (χ0) is 54.9. The molecule has 0 spiro atoms.